The molecule has 4 nitrogen and oxygen atoms in total. The van der Waals surface area contributed by atoms with E-state index in [0.29, 0.717) is 5.92 Å². The fraction of sp³-hybridized carbons (Fsp3) is 0.688. The van der Waals surface area contributed by atoms with Crippen molar-refractivity contribution in [2.24, 2.45) is 5.92 Å². The summed E-state index contributed by atoms with van der Waals surface area (Å²) in [5.74, 6) is 1.50. The van der Waals surface area contributed by atoms with Gasteiger partial charge in [0.05, 0.1) is 12.8 Å². The summed E-state index contributed by atoms with van der Waals surface area (Å²) in [5.41, 5.74) is 1.27. The van der Waals surface area contributed by atoms with E-state index in [-0.39, 0.29) is 5.54 Å². The Morgan fingerprint density at radius 1 is 1.35 bits per heavy atom. The quantitative estimate of drug-likeness (QED) is 0.899. The molecule has 1 aliphatic rings. The molecule has 0 saturated carbocycles. The second kappa shape index (κ2) is 7.04. The third-order valence-corrected chi connectivity index (χ3v) is 3.49. The van der Waals surface area contributed by atoms with Crippen LogP contribution in [-0.4, -0.2) is 30.3 Å². The minimum absolute atomic E-state index is 0.0985. The zero-order chi connectivity index (χ0) is 14.4. The molecule has 2 heterocycles. The predicted molar refractivity (Wildman–Crippen MR) is 79.9 cm³/mol. The van der Waals surface area contributed by atoms with E-state index >= 15 is 0 Å². The predicted octanol–water partition coefficient (Wildman–Crippen LogP) is 2.78. The van der Waals surface area contributed by atoms with Gasteiger partial charge in [-0.05, 0) is 45.6 Å². The highest BCUT2D eigenvalue weighted by Crippen LogP contribution is 2.21. The van der Waals surface area contributed by atoms with Crippen molar-refractivity contribution in [3.8, 4) is 5.75 Å². The molecular formula is C16H26N2O2. The molecule has 0 unspecified atom stereocenters. The van der Waals surface area contributed by atoms with Crippen LogP contribution in [0.15, 0.2) is 18.5 Å². The number of aromatic nitrogens is 1. The lowest BCUT2D eigenvalue weighted by molar-refractivity contribution is 0.0495. The van der Waals surface area contributed by atoms with Crippen LogP contribution in [0.25, 0.3) is 0 Å². The van der Waals surface area contributed by atoms with Gasteiger partial charge >= 0.3 is 0 Å². The van der Waals surface area contributed by atoms with Crippen molar-refractivity contribution < 1.29 is 9.47 Å². The van der Waals surface area contributed by atoms with Gasteiger partial charge in [0.2, 0.25) is 0 Å². The molecule has 1 N–H and O–H groups in total. The maximum Gasteiger partial charge on any atom is 0.142 e. The zero-order valence-electron chi connectivity index (χ0n) is 12.8. The molecule has 0 bridgehead atoms. The summed E-state index contributed by atoms with van der Waals surface area (Å²) in [5, 5.41) is 3.49. The van der Waals surface area contributed by atoms with E-state index in [4.69, 9.17) is 9.47 Å². The van der Waals surface area contributed by atoms with Crippen LogP contribution in [0, 0.1) is 5.92 Å². The lowest BCUT2D eigenvalue weighted by Crippen LogP contribution is -2.35. The Labute approximate surface area is 121 Å². The normalized spacial score (nSPS) is 17.1. The molecule has 0 amide bonds. The van der Waals surface area contributed by atoms with Crippen LogP contribution in [-0.2, 0) is 11.3 Å². The molecule has 4 heteroatoms. The second-order valence-electron chi connectivity index (χ2n) is 6.45. The molecule has 20 heavy (non-hydrogen) atoms. The minimum Gasteiger partial charge on any atom is -0.491 e. The summed E-state index contributed by atoms with van der Waals surface area (Å²) in [6.07, 6.45) is 5.83. The smallest absolute Gasteiger partial charge is 0.142 e. The Balaban J connectivity index is 1.89. The average molecular weight is 278 g/mol. The molecule has 2 rings (SSSR count). The summed E-state index contributed by atoms with van der Waals surface area (Å²) in [7, 11) is 0. The lowest BCUT2D eigenvalue weighted by Gasteiger charge is -2.24. The summed E-state index contributed by atoms with van der Waals surface area (Å²) < 4.78 is 11.4. The van der Waals surface area contributed by atoms with Gasteiger partial charge in [0.25, 0.3) is 0 Å². The van der Waals surface area contributed by atoms with Gasteiger partial charge in [-0.2, -0.15) is 0 Å². The number of pyridine rings is 1. The fourth-order valence-corrected chi connectivity index (χ4v) is 2.17. The van der Waals surface area contributed by atoms with Crippen LogP contribution in [0.4, 0.5) is 0 Å². The molecule has 0 aliphatic carbocycles. The first-order valence-corrected chi connectivity index (χ1v) is 7.43. The van der Waals surface area contributed by atoms with Crippen molar-refractivity contribution in [3.05, 3.63) is 24.0 Å². The van der Waals surface area contributed by atoms with E-state index in [0.717, 1.165) is 45.0 Å². The maximum atomic E-state index is 5.98. The lowest BCUT2D eigenvalue weighted by atomic mass is 10.0. The van der Waals surface area contributed by atoms with Gasteiger partial charge in [0.1, 0.15) is 5.75 Å². The first-order valence-electron chi connectivity index (χ1n) is 7.43. The van der Waals surface area contributed by atoms with Crippen LogP contribution in [0.3, 0.4) is 0 Å². The van der Waals surface area contributed by atoms with E-state index in [2.05, 4.69) is 31.1 Å². The van der Waals surface area contributed by atoms with Crippen molar-refractivity contribution in [1.82, 2.24) is 10.3 Å². The number of hydrogen-bond acceptors (Lipinski definition) is 4. The summed E-state index contributed by atoms with van der Waals surface area (Å²) in [6.45, 7) is 9.77. The molecule has 0 spiro atoms. The Morgan fingerprint density at radius 2 is 2.10 bits per heavy atom. The Morgan fingerprint density at radius 3 is 2.80 bits per heavy atom. The highest BCUT2D eigenvalue weighted by Gasteiger charge is 2.16. The Kier molecular flexibility index (Phi) is 5.38. The summed E-state index contributed by atoms with van der Waals surface area (Å²) in [6, 6.07) is 2.03. The number of nitrogens with zero attached hydrogens (tertiary/aromatic N) is 1. The van der Waals surface area contributed by atoms with Gasteiger partial charge < -0.3 is 14.8 Å². The molecule has 1 saturated heterocycles. The third-order valence-electron chi connectivity index (χ3n) is 3.49. The van der Waals surface area contributed by atoms with E-state index in [9.17, 15) is 0 Å². The minimum atomic E-state index is 0.0985. The van der Waals surface area contributed by atoms with Crippen LogP contribution < -0.4 is 10.1 Å². The van der Waals surface area contributed by atoms with Crippen molar-refractivity contribution in [2.75, 3.05) is 19.8 Å². The molecule has 0 aromatic carbocycles. The Hall–Kier alpha value is -1.13. The highest BCUT2D eigenvalue weighted by atomic mass is 16.5. The van der Waals surface area contributed by atoms with E-state index < -0.39 is 0 Å². The highest BCUT2D eigenvalue weighted by molar-refractivity contribution is 5.29. The topological polar surface area (TPSA) is 43.4 Å². The molecular weight excluding hydrogens is 252 g/mol. The number of nitrogens with one attached hydrogen (secondary N) is 1. The van der Waals surface area contributed by atoms with Gasteiger partial charge in [-0.1, -0.05) is 0 Å². The first kappa shape index (κ1) is 15.3. The van der Waals surface area contributed by atoms with Gasteiger partial charge in [-0.15, -0.1) is 0 Å². The van der Waals surface area contributed by atoms with Gasteiger partial charge in [0.15, 0.2) is 0 Å². The SMILES string of the molecule is CC(C)(C)NCc1ccncc1OCC1CCOCC1. The van der Waals surface area contributed by atoms with Crippen LogP contribution >= 0.6 is 0 Å². The van der Waals surface area contributed by atoms with Crippen molar-refractivity contribution in [2.45, 2.75) is 45.7 Å². The van der Waals surface area contributed by atoms with Crippen LogP contribution in [0.5, 0.6) is 5.75 Å². The molecule has 1 aliphatic heterocycles. The fourth-order valence-electron chi connectivity index (χ4n) is 2.17. The Bertz CT molecular complexity index is 409. The van der Waals surface area contributed by atoms with E-state index in [1.54, 1.807) is 0 Å². The second-order valence-corrected chi connectivity index (χ2v) is 6.45. The van der Waals surface area contributed by atoms with Crippen molar-refractivity contribution in [3.63, 3.8) is 0 Å². The van der Waals surface area contributed by atoms with Gasteiger partial charge in [-0.3, -0.25) is 4.98 Å². The number of hydrogen-bond donors (Lipinski definition) is 1. The van der Waals surface area contributed by atoms with Crippen LogP contribution in [0.1, 0.15) is 39.2 Å². The number of rotatable bonds is 5. The first-order chi connectivity index (χ1) is 9.54. The van der Waals surface area contributed by atoms with Gasteiger partial charge in [-0.25, -0.2) is 0 Å². The molecule has 1 aromatic heterocycles. The van der Waals surface area contributed by atoms with Crippen molar-refractivity contribution >= 4 is 0 Å². The summed E-state index contributed by atoms with van der Waals surface area (Å²) in [4.78, 5) is 4.18. The van der Waals surface area contributed by atoms with Crippen molar-refractivity contribution in [1.29, 1.82) is 0 Å². The van der Waals surface area contributed by atoms with E-state index in [1.165, 1.54) is 5.56 Å². The molecule has 0 radical (unpaired) electrons. The molecule has 0 atom stereocenters. The monoisotopic (exact) mass is 278 g/mol. The zero-order valence-corrected chi connectivity index (χ0v) is 12.8. The number of ether oxygens (including phenoxy) is 2. The largest absolute Gasteiger partial charge is 0.491 e. The third kappa shape index (κ3) is 5.10. The maximum absolute atomic E-state index is 5.98. The van der Waals surface area contributed by atoms with Crippen LogP contribution in [0.2, 0.25) is 0 Å². The summed E-state index contributed by atoms with van der Waals surface area (Å²) >= 11 is 0. The average Bonchev–Trinajstić information content (AvgIpc) is 2.44. The standard InChI is InChI=1S/C16H26N2O2/c1-16(2,3)18-10-14-4-7-17-11-15(14)20-12-13-5-8-19-9-6-13/h4,7,11,13,18H,5-6,8-10,12H2,1-3H3. The van der Waals surface area contributed by atoms with Gasteiger partial charge in [0, 0.05) is 37.1 Å². The molecule has 1 fully saturated rings. The van der Waals surface area contributed by atoms with E-state index in [1.807, 2.05) is 18.5 Å². The molecule has 1 aromatic rings. The molecule has 112 valence electrons.